The minimum absolute atomic E-state index is 0.0336. The van der Waals surface area contributed by atoms with Crippen LogP contribution in [0.3, 0.4) is 0 Å². The van der Waals surface area contributed by atoms with Gasteiger partial charge in [-0.05, 0) is 37.2 Å². The van der Waals surface area contributed by atoms with Crippen molar-refractivity contribution in [3.05, 3.63) is 61.2 Å². The van der Waals surface area contributed by atoms with Gasteiger partial charge >= 0.3 is 5.97 Å². The molecule has 2 bridgehead atoms. The number of nitrogens with zero attached hydrogens (tertiary/aromatic N) is 2. The number of halogens is 1. The van der Waals surface area contributed by atoms with Gasteiger partial charge in [0.05, 0.1) is 35.8 Å². The van der Waals surface area contributed by atoms with Crippen LogP contribution in [0.2, 0.25) is 0 Å². The highest BCUT2D eigenvalue weighted by molar-refractivity contribution is 9.09. The molecule has 3 aliphatic heterocycles. The molecule has 1 aromatic rings. The van der Waals surface area contributed by atoms with E-state index in [0.29, 0.717) is 26.1 Å². The van der Waals surface area contributed by atoms with Crippen molar-refractivity contribution in [2.75, 3.05) is 19.8 Å². The number of hydrogen-bond acceptors (Lipinski definition) is 6. The van der Waals surface area contributed by atoms with E-state index in [2.05, 4.69) is 29.1 Å². The number of likely N-dealkylation sites (tertiary alicyclic amines) is 1. The summed E-state index contributed by atoms with van der Waals surface area (Å²) in [4.78, 5) is 46.1. The third-order valence-electron chi connectivity index (χ3n) is 9.00. The average molecular weight is 648 g/mol. The summed E-state index contributed by atoms with van der Waals surface area (Å²) in [6.45, 7) is 12.4. The smallest absolute Gasteiger partial charge is 0.310 e. The Labute approximate surface area is 256 Å². The molecule has 224 valence electrons. The molecule has 0 aliphatic carbocycles. The van der Waals surface area contributed by atoms with Gasteiger partial charge in [-0.3, -0.25) is 14.4 Å². The number of aliphatic hydroxyl groups excluding tert-OH is 1. The molecule has 0 aromatic heterocycles. The summed E-state index contributed by atoms with van der Waals surface area (Å²) in [6.07, 6.45) is 7.34. The second-order valence-corrected chi connectivity index (χ2v) is 14.2. The number of carbonyl (C=O) groups excluding carboxylic acids is 3. The largest absolute Gasteiger partial charge is 0.465 e. The van der Waals surface area contributed by atoms with Crippen LogP contribution in [0.15, 0.2) is 55.6 Å². The number of unbranched alkanes of at least 4 members (excludes halogenated alkanes) is 2. The topological polar surface area (TPSA) is 87.2 Å². The molecule has 1 spiro atoms. The molecule has 3 aliphatic rings. The summed E-state index contributed by atoms with van der Waals surface area (Å²) in [7, 11) is 0. The normalized spacial score (nSPS) is 29.6. The Morgan fingerprint density at radius 1 is 1.27 bits per heavy atom. The van der Waals surface area contributed by atoms with E-state index < -0.39 is 28.7 Å². The van der Waals surface area contributed by atoms with Gasteiger partial charge in [0, 0.05) is 23.2 Å². The number of ether oxygens (including phenoxy) is 1. The van der Waals surface area contributed by atoms with E-state index in [4.69, 9.17) is 4.74 Å². The Balaban J connectivity index is 1.72. The lowest BCUT2D eigenvalue weighted by Crippen LogP contribution is -2.58. The first kappa shape index (κ1) is 31.8. The van der Waals surface area contributed by atoms with Gasteiger partial charge in [-0.25, -0.2) is 0 Å². The zero-order valence-corrected chi connectivity index (χ0v) is 26.5. The van der Waals surface area contributed by atoms with Crippen LogP contribution in [0, 0.1) is 17.8 Å². The maximum absolute atomic E-state index is 14.7. The van der Waals surface area contributed by atoms with Gasteiger partial charge in [0.25, 0.3) is 0 Å². The van der Waals surface area contributed by atoms with Crippen molar-refractivity contribution in [3.8, 4) is 0 Å². The van der Waals surface area contributed by atoms with Crippen LogP contribution in [0.5, 0.6) is 0 Å². The summed E-state index contributed by atoms with van der Waals surface area (Å²) in [5.41, 5.74) is 0.980. The van der Waals surface area contributed by atoms with Crippen LogP contribution >= 0.6 is 27.7 Å². The second-order valence-electron chi connectivity index (χ2n) is 11.5. The fourth-order valence-electron chi connectivity index (χ4n) is 6.81. The molecule has 3 saturated heterocycles. The molecule has 0 radical (unpaired) electrons. The van der Waals surface area contributed by atoms with Gasteiger partial charge in [0.15, 0.2) is 0 Å². The van der Waals surface area contributed by atoms with E-state index in [1.54, 1.807) is 27.6 Å². The molecule has 1 aromatic carbocycles. The lowest BCUT2D eigenvalue weighted by molar-refractivity contribution is -0.155. The molecule has 7 nitrogen and oxygen atoms in total. The number of hydrogen-bond donors (Lipinski definition) is 1. The monoisotopic (exact) mass is 646 g/mol. The zero-order valence-electron chi connectivity index (χ0n) is 24.1. The molecular formula is C32H43BrN2O5S. The quantitative estimate of drug-likeness (QED) is 0.125. The first-order chi connectivity index (χ1) is 19.7. The van der Waals surface area contributed by atoms with Gasteiger partial charge in [0.1, 0.15) is 6.04 Å². The van der Waals surface area contributed by atoms with Crippen LogP contribution in [-0.4, -0.2) is 79.4 Å². The number of allylic oxidation sites excluding steroid dienone is 1. The minimum Gasteiger partial charge on any atom is -0.465 e. The summed E-state index contributed by atoms with van der Waals surface area (Å²) in [5, 5.41) is 10.4. The maximum atomic E-state index is 14.7. The minimum atomic E-state index is -0.810. The fraction of sp³-hybridized carbons (Fsp3) is 0.594. The van der Waals surface area contributed by atoms with E-state index in [1.807, 2.05) is 50.3 Å². The van der Waals surface area contributed by atoms with Crippen molar-refractivity contribution >= 4 is 45.5 Å². The standard InChI is InChI=1S/C32H43BrN2O5S/c1-5-8-9-13-17-40-31(39)25-26-29(37)35(24(20-36)21(4)7-3)28(32(26)18-23(33)27(25)41-32)30(38)34(16-6-2)19-22-14-11-10-12-15-22/h5-6,10-12,14-15,21,23-28,36H,1-2,7-9,13,16-20H2,3-4H3/t21-,23?,24-,25+,26-,27+,28?,32?/m0/s1. The number of aliphatic hydroxyl groups is 1. The molecule has 0 saturated carbocycles. The number of esters is 1. The summed E-state index contributed by atoms with van der Waals surface area (Å²) < 4.78 is 4.95. The lowest BCUT2D eigenvalue weighted by atomic mass is 9.71. The highest BCUT2D eigenvalue weighted by Crippen LogP contribution is 2.68. The molecule has 8 atom stereocenters. The maximum Gasteiger partial charge on any atom is 0.310 e. The third kappa shape index (κ3) is 6.04. The number of amides is 2. The van der Waals surface area contributed by atoms with Crippen LogP contribution in [0.25, 0.3) is 0 Å². The molecule has 4 rings (SSSR count). The summed E-state index contributed by atoms with van der Waals surface area (Å²) in [5.74, 6) is -2.12. The van der Waals surface area contributed by atoms with E-state index >= 15 is 0 Å². The Bertz CT molecular complexity index is 1120. The van der Waals surface area contributed by atoms with Gasteiger partial charge in [-0.1, -0.05) is 78.7 Å². The van der Waals surface area contributed by atoms with Crippen molar-refractivity contribution in [2.45, 2.75) is 79.4 Å². The number of thioether (sulfide) groups is 1. The number of fused-ring (bicyclic) bond motifs is 1. The molecule has 3 heterocycles. The molecule has 3 fully saturated rings. The number of carbonyl (C=O) groups is 3. The van der Waals surface area contributed by atoms with Gasteiger partial charge in [0.2, 0.25) is 11.8 Å². The molecular weight excluding hydrogens is 604 g/mol. The number of benzene rings is 1. The first-order valence-electron chi connectivity index (χ1n) is 14.7. The molecule has 9 heteroatoms. The average Bonchev–Trinajstić information content (AvgIpc) is 3.56. The van der Waals surface area contributed by atoms with Crippen molar-refractivity contribution < 1.29 is 24.2 Å². The van der Waals surface area contributed by atoms with Crippen LogP contribution in [0.4, 0.5) is 0 Å². The fourth-order valence-corrected chi connectivity index (χ4v) is 10.4. The third-order valence-corrected chi connectivity index (χ3v) is 12.2. The van der Waals surface area contributed by atoms with Crippen LogP contribution in [-0.2, 0) is 25.7 Å². The van der Waals surface area contributed by atoms with Crippen molar-refractivity contribution in [1.82, 2.24) is 9.80 Å². The van der Waals surface area contributed by atoms with Crippen molar-refractivity contribution in [3.63, 3.8) is 0 Å². The van der Waals surface area contributed by atoms with Crippen LogP contribution < -0.4 is 0 Å². The Kier molecular flexibility index (Phi) is 10.8. The predicted octanol–water partition coefficient (Wildman–Crippen LogP) is 4.97. The van der Waals surface area contributed by atoms with E-state index in [-0.39, 0.29) is 40.4 Å². The second kappa shape index (κ2) is 13.9. The molecule has 1 N–H and O–H groups in total. The van der Waals surface area contributed by atoms with Gasteiger partial charge in [-0.2, -0.15) is 0 Å². The molecule has 3 unspecified atom stereocenters. The number of alkyl halides is 1. The van der Waals surface area contributed by atoms with Gasteiger partial charge in [-0.15, -0.1) is 24.9 Å². The Morgan fingerprint density at radius 2 is 2.00 bits per heavy atom. The van der Waals surface area contributed by atoms with E-state index in [9.17, 15) is 19.5 Å². The van der Waals surface area contributed by atoms with E-state index in [0.717, 1.165) is 31.2 Å². The predicted molar refractivity (Wildman–Crippen MR) is 166 cm³/mol. The number of rotatable bonds is 15. The highest BCUT2D eigenvalue weighted by atomic mass is 79.9. The van der Waals surface area contributed by atoms with Gasteiger partial charge < -0.3 is 19.6 Å². The molecule has 2 amide bonds. The van der Waals surface area contributed by atoms with E-state index in [1.165, 1.54) is 0 Å². The Morgan fingerprint density at radius 3 is 2.63 bits per heavy atom. The SMILES string of the molecule is C=CCCCCOC(=O)[C@H]1[C@@H]2SC3(CC2Br)C(C(=O)N(CC=C)Cc2ccccc2)N([C@@H](CO)[C@@H](C)CC)C(=O)[C@H]13. The summed E-state index contributed by atoms with van der Waals surface area (Å²) in [6, 6.07) is 8.42. The van der Waals surface area contributed by atoms with Crippen molar-refractivity contribution in [1.29, 1.82) is 0 Å². The van der Waals surface area contributed by atoms with Crippen LogP contribution in [0.1, 0.15) is 51.5 Å². The zero-order chi connectivity index (χ0) is 29.7. The first-order valence-corrected chi connectivity index (χ1v) is 16.5. The summed E-state index contributed by atoms with van der Waals surface area (Å²) >= 11 is 5.41. The molecule has 41 heavy (non-hydrogen) atoms. The highest BCUT2D eigenvalue weighted by Gasteiger charge is 2.76. The van der Waals surface area contributed by atoms with Crippen molar-refractivity contribution in [2.24, 2.45) is 17.8 Å². The lowest BCUT2D eigenvalue weighted by Gasteiger charge is -2.41. The Hall–Kier alpha value is -2.10.